The average Bonchev–Trinajstić information content (AvgIpc) is 2.61. The van der Waals surface area contributed by atoms with Crippen molar-refractivity contribution in [3.05, 3.63) is 58.6 Å². The van der Waals surface area contributed by atoms with Crippen molar-refractivity contribution in [3.63, 3.8) is 0 Å². The van der Waals surface area contributed by atoms with E-state index >= 15 is 0 Å². The first-order valence-electron chi connectivity index (χ1n) is 7.79. The molecule has 0 radical (unpaired) electrons. The molecule has 0 saturated carbocycles. The monoisotopic (exact) mass is 341 g/mol. The van der Waals surface area contributed by atoms with Gasteiger partial charge >= 0.3 is 0 Å². The van der Waals surface area contributed by atoms with Crippen LogP contribution in [0.1, 0.15) is 31.4 Å². The molecule has 2 aromatic carbocycles. The predicted molar refractivity (Wildman–Crippen MR) is 98.3 cm³/mol. The Balaban J connectivity index is 2.34. The molecule has 0 heterocycles. The molecule has 2 rings (SSSR count). The molecule has 0 aliphatic rings. The smallest absolute Gasteiger partial charge is 0.161 e. The molecular weight excluding hydrogens is 322 g/mol. The van der Waals surface area contributed by atoms with Gasteiger partial charge in [-0.05, 0) is 54.8 Å². The SMILES string of the molecule is CC[C@@H](C)Oc1ccc(/C=C(\C#N)c2ccc(Cl)cc2)cc1OC. The standard InChI is InChI=1S/C20H20ClNO2/c1-4-14(2)24-19-10-5-15(12-20(19)23-3)11-17(13-22)16-6-8-18(21)9-7-16/h5-12,14H,4H2,1-3H3/b17-11+/t14-/m1/s1. The van der Waals surface area contributed by atoms with E-state index in [2.05, 4.69) is 13.0 Å². The van der Waals surface area contributed by atoms with Gasteiger partial charge in [0.25, 0.3) is 0 Å². The van der Waals surface area contributed by atoms with Gasteiger partial charge < -0.3 is 9.47 Å². The summed E-state index contributed by atoms with van der Waals surface area (Å²) in [5, 5.41) is 10.1. The maximum atomic E-state index is 9.43. The molecule has 0 unspecified atom stereocenters. The van der Waals surface area contributed by atoms with E-state index in [9.17, 15) is 5.26 Å². The van der Waals surface area contributed by atoms with E-state index in [-0.39, 0.29) is 6.10 Å². The number of hydrogen-bond acceptors (Lipinski definition) is 3. The van der Waals surface area contributed by atoms with Crippen molar-refractivity contribution >= 4 is 23.3 Å². The van der Waals surface area contributed by atoms with Crippen LogP contribution in [-0.2, 0) is 0 Å². The van der Waals surface area contributed by atoms with Crippen LogP contribution < -0.4 is 9.47 Å². The number of nitrogens with zero attached hydrogens (tertiary/aromatic N) is 1. The third-order valence-corrected chi connectivity index (χ3v) is 3.93. The quantitative estimate of drug-likeness (QED) is 0.508. The Morgan fingerprint density at radius 2 is 1.92 bits per heavy atom. The Labute approximate surface area is 148 Å². The Morgan fingerprint density at radius 3 is 2.50 bits per heavy atom. The Morgan fingerprint density at radius 1 is 1.21 bits per heavy atom. The fourth-order valence-corrected chi connectivity index (χ4v) is 2.27. The van der Waals surface area contributed by atoms with Gasteiger partial charge in [0.2, 0.25) is 0 Å². The van der Waals surface area contributed by atoms with Crippen molar-refractivity contribution in [3.8, 4) is 17.6 Å². The van der Waals surface area contributed by atoms with Gasteiger partial charge in [0.15, 0.2) is 11.5 Å². The Bertz CT molecular complexity index is 760. The summed E-state index contributed by atoms with van der Waals surface area (Å²) in [5.41, 5.74) is 2.25. The van der Waals surface area contributed by atoms with Crippen molar-refractivity contribution in [1.29, 1.82) is 5.26 Å². The first-order valence-corrected chi connectivity index (χ1v) is 8.17. The number of nitriles is 1. The van der Waals surface area contributed by atoms with Gasteiger partial charge in [-0.15, -0.1) is 0 Å². The normalized spacial score (nSPS) is 12.4. The Hall–Kier alpha value is -2.44. The Kier molecular flexibility index (Phi) is 6.28. The molecule has 3 nitrogen and oxygen atoms in total. The van der Waals surface area contributed by atoms with Gasteiger partial charge in [-0.2, -0.15) is 5.26 Å². The second-order valence-electron chi connectivity index (χ2n) is 5.42. The maximum absolute atomic E-state index is 9.43. The van der Waals surface area contributed by atoms with E-state index < -0.39 is 0 Å². The lowest BCUT2D eigenvalue weighted by molar-refractivity contribution is 0.207. The van der Waals surface area contributed by atoms with Crippen molar-refractivity contribution < 1.29 is 9.47 Å². The summed E-state index contributed by atoms with van der Waals surface area (Å²) in [6.45, 7) is 4.08. The van der Waals surface area contributed by atoms with Crippen LogP contribution >= 0.6 is 11.6 Å². The highest BCUT2D eigenvalue weighted by molar-refractivity contribution is 6.30. The summed E-state index contributed by atoms with van der Waals surface area (Å²) in [6, 6.07) is 15.1. The van der Waals surface area contributed by atoms with E-state index in [0.29, 0.717) is 22.1 Å². The minimum atomic E-state index is 0.115. The molecule has 1 atom stereocenters. The van der Waals surface area contributed by atoms with E-state index in [1.165, 1.54) is 0 Å². The van der Waals surface area contributed by atoms with Crippen molar-refractivity contribution in [2.45, 2.75) is 26.4 Å². The van der Waals surface area contributed by atoms with Crippen LogP contribution in [0.3, 0.4) is 0 Å². The zero-order valence-electron chi connectivity index (χ0n) is 14.0. The van der Waals surface area contributed by atoms with Gasteiger partial charge in [-0.3, -0.25) is 0 Å². The molecule has 124 valence electrons. The van der Waals surface area contributed by atoms with Crippen LogP contribution in [0.25, 0.3) is 11.6 Å². The van der Waals surface area contributed by atoms with Crippen LogP contribution in [0.5, 0.6) is 11.5 Å². The second-order valence-corrected chi connectivity index (χ2v) is 5.86. The molecule has 0 aliphatic carbocycles. The first-order chi connectivity index (χ1) is 11.6. The third-order valence-electron chi connectivity index (χ3n) is 3.68. The van der Waals surface area contributed by atoms with Crippen molar-refractivity contribution in [2.24, 2.45) is 0 Å². The molecule has 0 bridgehead atoms. The molecule has 0 amide bonds. The van der Waals surface area contributed by atoms with Gasteiger partial charge in [0.1, 0.15) is 0 Å². The molecule has 4 heteroatoms. The van der Waals surface area contributed by atoms with Crippen molar-refractivity contribution in [1.82, 2.24) is 0 Å². The summed E-state index contributed by atoms with van der Waals surface area (Å²) in [4.78, 5) is 0. The van der Waals surface area contributed by atoms with Crippen LogP contribution in [-0.4, -0.2) is 13.2 Å². The zero-order valence-corrected chi connectivity index (χ0v) is 14.8. The van der Waals surface area contributed by atoms with Crippen LogP contribution in [0, 0.1) is 11.3 Å². The fraction of sp³-hybridized carbons (Fsp3) is 0.250. The van der Waals surface area contributed by atoms with E-state index in [4.69, 9.17) is 21.1 Å². The highest BCUT2D eigenvalue weighted by Gasteiger charge is 2.09. The summed E-state index contributed by atoms with van der Waals surface area (Å²) in [5.74, 6) is 1.35. The van der Waals surface area contributed by atoms with Crippen molar-refractivity contribution in [2.75, 3.05) is 7.11 Å². The number of hydrogen-bond donors (Lipinski definition) is 0. The molecule has 0 aromatic heterocycles. The molecular formula is C20H20ClNO2. The molecule has 0 spiro atoms. The molecule has 24 heavy (non-hydrogen) atoms. The van der Waals surface area contributed by atoms with Gasteiger partial charge in [-0.1, -0.05) is 36.7 Å². The fourth-order valence-electron chi connectivity index (χ4n) is 2.15. The number of rotatable bonds is 6. The van der Waals surface area contributed by atoms with Crippen LogP contribution in [0.15, 0.2) is 42.5 Å². The van der Waals surface area contributed by atoms with E-state index in [1.807, 2.05) is 43.3 Å². The number of allylic oxidation sites excluding steroid dienone is 1. The van der Waals surface area contributed by atoms with E-state index in [0.717, 1.165) is 17.5 Å². The highest BCUT2D eigenvalue weighted by atomic mass is 35.5. The average molecular weight is 342 g/mol. The van der Waals surface area contributed by atoms with Gasteiger partial charge in [-0.25, -0.2) is 0 Å². The van der Waals surface area contributed by atoms with Gasteiger partial charge in [0.05, 0.1) is 24.9 Å². The summed E-state index contributed by atoms with van der Waals surface area (Å²) >= 11 is 5.90. The molecule has 2 aromatic rings. The van der Waals surface area contributed by atoms with Crippen LogP contribution in [0.4, 0.5) is 0 Å². The topological polar surface area (TPSA) is 42.2 Å². The highest BCUT2D eigenvalue weighted by Crippen LogP contribution is 2.31. The largest absolute Gasteiger partial charge is 0.493 e. The van der Waals surface area contributed by atoms with E-state index in [1.54, 1.807) is 19.2 Å². The number of ether oxygens (including phenoxy) is 2. The second kappa shape index (κ2) is 8.42. The molecule has 0 fully saturated rings. The lowest BCUT2D eigenvalue weighted by atomic mass is 10.0. The minimum Gasteiger partial charge on any atom is -0.493 e. The minimum absolute atomic E-state index is 0.115. The summed E-state index contributed by atoms with van der Waals surface area (Å²) in [6.07, 6.45) is 2.85. The van der Waals surface area contributed by atoms with Gasteiger partial charge in [0, 0.05) is 5.02 Å². The lowest BCUT2D eigenvalue weighted by Crippen LogP contribution is -2.10. The van der Waals surface area contributed by atoms with Crippen LogP contribution in [0.2, 0.25) is 5.02 Å². The summed E-state index contributed by atoms with van der Waals surface area (Å²) in [7, 11) is 1.61. The summed E-state index contributed by atoms with van der Waals surface area (Å²) < 4.78 is 11.3. The lowest BCUT2D eigenvalue weighted by Gasteiger charge is -2.15. The maximum Gasteiger partial charge on any atom is 0.161 e. The first kappa shape index (κ1) is 17.9. The molecule has 0 saturated heterocycles. The number of benzene rings is 2. The number of halogens is 1. The predicted octanol–water partition coefficient (Wildman–Crippen LogP) is 5.59. The zero-order chi connectivity index (χ0) is 17.5. The molecule has 0 aliphatic heterocycles. The third kappa shape index (κ3) is 4.53. The molecule has 0 N–H and O–H groups in total. The number of methoxy groups -OCH3 is 1.